The zero-order valence-corrected chi connectivity index (χ0v) is 20.4. The third-order valence-electron chi connectivity index (χ3n) is 4.78. The van der Waals surface area contributed by atoms with Crippen LogP contribution in [0.15, 0.2) is 77.7 Å². The van der Waals surface area contributed by atoms with E-state index >= 15 is 0 Å². The Bertz CT molecular complexity index is 1190. The maximum atomic E-state index is 12.3. The number of anilines is 1. The first-order valence-corrected chi connectivity index (χ1v) is 12.7. The monoisotopic (exact) mass is 502 g/mol. The smallest absolute Gasteiger partial charge is 0.262 e. The largest absolute Gasteiger partial charge is 0.489 e. The van der Waals surface area contributed by atoms with E-state index in [1.807, 2.05) is 37.3 Å². The van der Waals surface area contributed by atoms with E-state index in [0.717, 1.165) is 18.4 Å². The number of ether oxygens (including phenoxy) is 2. The summed E-state index contributed by atoms with van der Waals surface area (Å²) in [6.45, 7) is 2.50. The zero-order valence-electron chi connectivity index (χ0n) is 18.8. The van der Waals surface area contributed by atoms with E-state index in [-0.39, 0.29) is 28.2 Å². The van der Waals surface area contributed by atoms with Gasteiger partial charge < -0.3 is 14.8 Å². The molecule has 0 saturated heterocycles. The summed E-state index contributed by atoms with van der Waals surface area (Å²) in [5, 5.41) is 2.83. The molecule has 34 heavy (non-hydrogen) atoms. The summed E-state index contributed by atoms with van der Waals surface area (Å²) in [5.41, 5.74) is 1.65. The summed E-state index contributed by atoms with van der Waals surface area (Å²) in [5.74, 6) is 0.519. The van der Waals surface area contributed by atoms with Crippen molar-refractivity contribution in [1.82, 2.24) is 4.72 Å². The number of benzene rings is 3. The third kappa shape index (κ3) is 7.76. The Morgan fingerprint density at radius 2 is 1.71 bits per heavy atom. The molecule has 0 spiro atoms. The molecule has 3 aromatic rings. The summed E-state index contributed by atoms with van der Waals surface area (Å²) >= 11 is 6.17. The SMILES string of the molecule is CCCCNS(=O)(=O)c1ccc(OCC(=O)Nc2ccc(OCc3ccccc3)cc2)c(Cl)c1. The lowest BCUT2D eigenvalue weighted by atomic mass is 10.2. The molecule has 0 heterocycles. The number of hydrogen-bond acceptors (Lipinski definition) is 5. The fourth-order valence-corrected chi connectivity index (χ4v) is 4.35. The van der Waals surface area contributed by atoms with Crippen molar-refractivity contribution in [3.63, 3.8) is 0 Å². The van der Waals surface area contributed by atoms with Gasteiger partial charge in [-0.2, -0.15) is 0 Å². The summed E-state index contributed by atoms with van der Waals surface area (Å²) in [4.78, 5) is 12.3. The standard InChI is InChI=1S/C25H27ClN2O5S/c1-2-3-15-27-34(30,31)22-13-14-24(23(26)16-22)33-18-25(29)28-20-9-11-21(12-10-20)32-17-19-7-5-4-6-8-19/h4-14,16,27H,2-3,15,17-18H2,1H3,(H,28,29). The molecule has 0 bridgehead atoms. The number of rotatable bonds is 12. The molecule has 3 rings (SSSR count). The van der Waals surface area contributed by atoms with Crippen molar-refractivity contribution in [1.29, 1.82) is 0 Å². The van der Waals surface area contributed by atoms with Crippen molar-refractivity contribution in [2.45, 2.75) is 31.3 Å². The minimum Gasteiger partial charge on any atom is -0.489 e. The normalized spacial score (nSPS) is 11.1. The second-order valence-electron chi connectivity index (χ2n) is 7.48. The van der Waals surface area contributed by atoms with Crippen LogP contribution in [0.1, 0.15) is 25.3 Å². The zero-order chi connectivity index (χ0) is 24.4. The molecule has 2 N–H and O–H groups in total. The van der Waals surface area contributed by atoms with Gasteiger partial charge in [0.05, 0.1) is 9.92 Å². The van der Waals surface area contributed by atoms with Crippen molar-refractivity contribution in [2.24, 2.45) is 0 Å². The molecule has 180 valence electrons. The van der Waals surface area contributed by atoms with Gasteiger partial charge in [0, 0.05) is 12.2 Å². The minimum absolute atomic E-state index is 0.0416. The highest BCUT2D eigenvalue weighted by Crippen LogP contribution is 2.27. The number of halogens is 1. The van der Waals surface area contributed by atoms with E-state index in [2.05, 4.69) is 10.0 Å². The average Bonchev–Trinajstić information content (AvgIpc) is 2.83. The third-order valence-corrected chi connectivity index (χ3v) is 6.54. The van der Waals surface area contributed by atoms with E-state index in [4.69, 9.17) is 21.1 Å². The van der Waals surface area contributed by atoms with Gasteiger partial charge in [0.2, 0.25) is 10.0 Å². The Hall–Kier alpha value is -3.07. The number of sulfonamides is 1. The predicted octanol–water partition coefficient (Wildman–Crippen LogP) is 5.01. The average molecular weight is 503 g/mol. The van der Waals surface area contributed by atoms with Gasteiger partial charge in [-0.25, -0.2) is 13.1 Å². The van der Waals surface area contributed by atoms with Crippen molar-refractivity contribution >= 4 is 33.2 Å². The molecule has 0 aromatic heterocycles. The van der Waals surface area contributed by atoms with E-state index in [0.29, 0.717) is 24.6 Å². The van der Waals surface area contributed by atoms with Crippen LogP contribution in [0.25, 0.3) is 0 Å². The molecule has 1 amide bonds. The molecule has 0 aliphatic heterocycles. The highest BCUT2D eigenvalue weighted by molar-refractivity contribution is 7.89. The van der Waals surface area contributed by atoms with E-state index < -0.39 is 10.0 Å². The summed E-state index contributed by atoms with van der Waals surface area (Å²) in [7, 11) is -3.65. The topological polar surface area (TPSA) is 93.7 Å². The summed E-state index contributed by atoms with van der Waals surface area (Å²) in [6, 6.07) is 21.0. The molecular formula is C25H27ClN2O5S. The van der Waals surface area contributed by atoms with Gasteiger partial charge in [0.25, 0.3) is 5.91 Å². The van der Waals surface area contributed by atoms with Crippen molar-refractivity contribution in [3.05, 3.63) is 83.4 Å². The Morgan fingerprint density at radius 3 is 2.38 bits per heavy atom. The van der Waals surface area contributed by atoms with Crippen LogP contribution in [0.2, 0.25) is 5.02 Å². The second-order valence-corrected chi connectivity index (χ2v) is 9.65. The molecular weight excluding hydrogens is 476 g/mol. The number of nitrogens with one attached hydrogen (secondary N) is 2. The number of hydrogen-bond donors (Lipinski definition) is 2. The second kappa shape index (κ2) is 12.4. The van der Waals surface area contributed by atoms with E-state index in [1.165, 1.54) is 18.2 Å². The molecule has 0 aliphatic carbocycles. The van der Waals surface area contributed by atoms with Crippen molar-refractivity contribution in [3.8, 4) is 11.5 Å². The van der Waals surface area contributed by atoms with Gasteiger partial charge in [-0.3, -0.25) is 4.79 Å². The molecule has 0 radical (unpaired) electrons. The predicted molar refractivity (Wildman–Crippen MR) is 133 cm³/mol. The van der Waals surface area contributed by atoms with Gasteiger partial charge in [-0.05, 0) is 54.4 Å². The van der Waals surface area contributed by atoms with Crippen LogP contribution in [0.4, 0.5) is 5.69 Å². The Labute approximate surface area is 205 Å². The van der Waals surface area contributed by atoms with Gasteiger partial charge in [0.1, 0.15) is 18.1 Å². The molecule has 0 unspecified atom stereocenters. The van der Waals surface area contributed by atoms with Crippen molar-refractivity contribution in [2.75, 3.05) is 18.5 Å². The van der Waals surface area contributed by atoms with Crippen LogP contribution in [0, 0.1) is 0 Å². The van der Waals surface area contributed by atoms with Gasteiger partial charge in [0.15, 0.2) is 6.61 Å². The highest BCUT2D eigenvalue weighted by atomic mass is 35.5. The lowest BCUT2D eigenvalue weighted by Crippen LogP contribution is -2.24. The van der Waals surface area contributed by atoms with Crippen LogP contribution in [-0.2, 0) is 21.4 Å². The lowest BCUT2D eigenvalue weighted by molar-refractivity contribution is -0.118. The van der Waals surface area contributed by atoms with Crippen LogP contribution >= 0.6 is 11.6 Å². The van der Waals surface area contributed by atoms with Crippen LogP contribution < -0.4 is 19.5 Å². The van der Waals surface area contributed by atoms with Gasteiger partial charge >= 0.3 is 0 Å². The number of unbranched alkanes of at least 4 members (excludes halogenated alkanes) is 1. The fraction of sp³-hybridized carbons (Fsp3) is 0.240. The van der Waals surface area contributed by atoms with E-state index in [1.54, 1.807) is 24.3 Å². The molecule has 0 aliphatic rings. The van der Waals surface area contributed by atoms with Gasteiger partial charge in [-0.15, -0.1) is 0 Å². The summed E-state index contributed by atoms with van der Waals surface area (Å²) < 4.78 is 38.3. The maximum absolute atomic E-state index is 12.3. The number of amides is 1. The first kappa shape index (κ1) is 25.6. The van der Waals surface area contributed by atoms with Gasteiger partial charge in [-0.1, -0.05) is 55.3 Å². The molecule has 0 saturated carbocycles. The minimum atomic E-state index is -3.65. The van der Waals surface area contributed by atoms with Crippen LogP contribution in [0.5, 0.6) is 11.5 Å². The van der Waals surface area contributed by atoms with Crippen molar-refractivity contribution < 1.29 is 22.7 Å². The van der Waals surface area contributed by atoms with Crippen LogP contribution in [-0.4, -0.2) is 27.5 Å². The molecule has 9 heteroatoms. The molecule has 3 aromatic carbocycles. The Balaban J connectivity index is 1.49. The Kier molecular flexibility index (Phi) is 9.33. The Morgan fingerprint density at radius 1 is 0.971 bits per heavy atom. The fourth-order valence-electron chi connectivity index (χ4n) is 2.95. The summed E-state index contributed by atoms with van der Waals surface area (Å²) in [6.07, 6.45) is 1.62. The quantitative estimate of drug-likeness (QED) is 0.339. The lowest BCUT2D eigenvalue weighted by Gasteiger charge is -2.11. The number of carbonyl (C=O) groups is 1. The molecule has 0 atom stereocenters. The van der Waals surface area contributed by atoms with E-state index in [9.17, 15) is 13.2 Å². The highest BCUT2D eigenvalue weighted by Gasteiger charge is 2.16. The maximum Gasteiger partial charge on any atom is 0.262 e. The number of carbonyl (C=O) groups excluding carboxylic acids is 1. The first-order chi connectivity index (χ1) is 16.4. The molecule has 0 fully saturated rings. The first-order valence-electron chi connectivity index (χ1n) is 10.9. The van der Waals surface area contributed by atoms with Crippen LogP contribution in [0.3, 0.4) is 0 Å². The molecule has 7 nitrogen and oxygen atoms in total.